The van der Waals surface area contributed by atoms with Crippen molar-refractivity contribution in [3.05, 3.63) is 29.8 Å². The zero-order chi connectivity index (χ0) is 20.6. The van der Waals surface area contributed by atoms with Gasteiger partial charge in [0.1, 0.15) is 0 Å². The van der Waals surface area contributed by atoms with E-state index in [9.17, 15) is 14.4 Å². The highest BCUT2D eigenvalue weighted by Crippen LogP contribution is 2.24. The van der Waals surface area contributed by atoms with Gasteiger partial charge in [0, 0.05) is 18.8 Å². The molecule has 1 aliphatic heterocycles. The molecule has 1 aromatic carbocycles. The minimum absolute atomic E-state index is 0.0988. The van der Waals surface area contributed by atoms with Crippen molar-refractivity contribution in [2.75, 3.05) is 25.0 Å². The number of benzene rings is 1. The average molecular weight is 402 g/mol. The molecule has 8 heteroatoms. The first-order chi connectivity index (χ1) is 14.0. The molecule has 2 fully saturated rings. The molecule has 1 unspecified atom stereocenters. The number of nitrogens with two attached hydrogens (primary N) is 1. The minimum atomic E-state index is -0.318. The fourth-order valence-electron chi connectivity index (χ4n) is 4.21. The lowest BCUT2D eigenvalue weighted by atomic mass is 10.1. The summed E-state index contributed by atoms with van der Waals surface area (Å²) < 4.78 is 0. The summed E-state index contributed by atoms with van der Waals surface area (Å²) in [4.78, 5) is 37.9. The fraction of sp³-hybridized carbons (Fsp3) is 0.571. The van der Waals surface area contributed by atoms with E-state index in [1.165, 1.54) is 12.8 Å². The van der Waals surface area contributed by atoms with Gasteiger partial charge in [-0.2, -0.15) is 0 Å². The molecule has 1 saturated carbocycles. The third-order valence-corrected chi connectivity index (χ3v) is 5.79. The van der Waals surface area contributed by atoms with Crippen LogP contribution in [0.4, 0.5) is 10.5 Å². The van der Waals surface area contributed by atoms with Gasteiger partial charge in [0.05, 0.1) is 12.6 Å². The summed E-state index contributed by atoms with van der Waals surface area (Å²) in [5.74, 6) is -0.0468. The molecule has 4 amide bonds. The zero-order valence-electron chi connectivity index (χ0n) is 16.8. The summed E-state index contributed by atoms with van der Waals surface area (Å²) >= 11 is 0. The van der Waals surface area contributed by atoms with E-state index in [4.69, 9.17) is 5.73 Å². The van der Waals surface area contributed by atoms with Gasteiger partial charge in [-0.1, -0.05) is 31.0 Å². The largest absolute Gasteiger partial charge is 0.368 e. The molecular weight excluding hydrogens is 370 g/mol. The van der Waals surface area contributed by atoms with Gasteiger partial charge in [0.15, 0.2) is 0 Å². The summed E-state index contributed by atoms with van der Waals surface area (Å²) in [6.07, 6.45) is 6.48. The van der Waals surface area contributed by atoms with Crippen molar-refractivity contribution in [1.29, 1.82) is 0 Å². The molecule has 0 aromatic heterocycles. The maximum Gasteiger partial charge on any atom is 0.315 e. The Labute approximate surface area is 171 Å². The van der Waals surface area contributed by atoms with Gasteiger partial charge >= 0.3 is 6.03 Å². The summed E-state index contributed by atoms with van der Waals surface area (Å²) in [6, 6.07) is 6.91. The number of primary amides is 1. The van der Waals surface area contributed by atoms with Crippen molar-refractivity contribution in [2.45, 2.75) is 51.1 Å². The molecule has 5 N–H and O–H groups in total. The lowest BCUT2D eigenvalue weighted by Gasteiger charge is -2.23. The number of hydrogen-bond acceptors (Lipinski definition) is 4. The Balaban J connectivity index is 1.47. The minimum Gasteiger partial charge on any atom is -0.368 e. The molecule has 2 aliphatic rings. The Morgan fingerprint density at radius 2 is 1.79 bits per heavy atom. The molecule has 0 bridgehead atoms. The number of carbonyl (C=O) groups is 3. The Bertz CT molecular complexity index is 733. The van der Waals surface area contributed by atoms with Gasteiger partial charge in [-0.05, 0) is 49.8 Å². The molecule has 1 aromatic rings. The van der Waals surface area contributed by atoms with Crippen molar-refractivity contribution in [3.8, 4) is 0 Å². The quantitative estimate of drug-likeness (QED) is 0.529. The van der Waals surface area contributed by atoms with Gasteiger partial charge < -0.3 is 21.7 Å². The second kappa shape index (κ2) is 10.2. The Morgan fingerprint density at radius 1 is 1.03 bits per heavy atom. The normalized spacial score (nSPS) is 19.8. The first-order valence-corrected chi connectivity index (χ1v) is 10.5. The molecule has 0 spiro atoms. The van der Waals surface area contributed by atoms with Crippen LogP contribution in [0, 0.1) is 5.92 Å². The smallest absolute Gasteiger partial charge is 0.315 e. The molecule has 29 heavy (non-hydrogen) atoms. The number of rotatable bonds is 8. The van der Waals surface area contributed by atoms with Gasteiger partial charge in [-0.25, -0.2) is 4.79 Å². The van der Waals surface area contributed by atoms with Crippen LogP contribution >= 0.6 is 0 Å². The number of amides is 4. The lowest BCUT2D eigenvalue weighted by molar-refractivity contribution is -0.122. The molecule has 8 nitrogen and oxygen atoms in total. The van der Waals surface area contributed by atoms with Crippen LogP contribution in [0.1, 0.15) is 44.1 Å². The number of urea groups is 1. The van der Waals surface area contributed by atoms with Crippen LogP contribution in [0.15, 0.2) is 24.3 Å². The van der Waals surface area contributed by atoms with Crippen LogP contribution < -0.4 is 21.7 Å². The monoisotopic (exact) mass is 401 g/mol. The first-order valence-electron chi connectivity index (χ1n) is 10.5. The second-order valence-corrected chi connectivity index (χ2v) is 7.95. The number of para-hydroxylation sites is 1. The van der Waals surface area contributed by atoms with E-state index in [1.54, 1.807) is 0 Å². The highest BCUT2D eigenvalue weighted by molar-refractivity contribution is 5.94. The molecule has 0 radical (unpaired) electrons. The summed E-state index contributed by atoms with van der Waals surface area (Å²) in [7, 11) is 0. The van der Waals surface area contributed by atoms with E-state index in [2.05, 4.69) is 16.0 Å². The van der Waals surface area contributed by atoms with Crippen LogP contribution in [-0.2, 0) is 16.1 Å². The van der Waals surface area contributed by atoms with E-state index < -0.39 is 0 Å². The van der Waals surface area contributed by atoms with Crippen molar-refractivity contribution < 1.29 is 14.4 Å². The van der Waals surface area contributed by atoms with E-state index in [1.807, 2.05) is 29.2 Å². The SMILES string of the molecule is NC(=O)C1CCCN1Cc1ccccc1NC(=O)CNC(=O)NCC1CCCC1. The van der Waals surface area contributed by atoms with Gasteiger partial charge in [-0.3, -0.25) is 14.5 Å². The number of carbonyl (C=O) groups excluding carboxylic acids is 3. The molecule has 1 heterocycles. The van der Waals surface area contributed by atoms with Gasteiger partial charge in [0.25, 0.3) is 0 Å². The number of nitrogens with zero attached hydrogens (tertiary/aromatic N) is 1. The standard InChI is InChI=1S/C21H31N5O3/c22-20(28)18-10-5-11-26(18)14-16-8-3-4-9-17(16)25-19(27)13-24-21(29)23-12-15-6-1-2-7-15/h3-4,8-9,15,18H,1-2,5-7,10-14H2,(H2,22,28)(H,25,27)(H2,23,24,29). The van der Waals surface area contributed by atoms with Crippen LogP contribution in [0.25, 0.3) is 0 Å². The molecule has 158 valence electrons. The first kappa shape index (κ1) is 21.1. The number of likely N-dealkylation sites (tertiary alicyclic amines) is 1. The van der Waals surface area contributed by atoms with Crippen molar-refractivity contribution in [2.24, 2.45) is 11.7 Å². The van der Waals surface area contributed by atoms with Gasteiger partial charge in [0.2, 0.25) is 11.8 Å². The Hall–Kier alpha value is -2.61. The zero-order valence-corrected chi connectivity index (χ0v) is 16.8. The predicted molar refractivity (Wildman–Crippen MR) is 111 cm³/mol. The second-order valence-electron chi connectivity index (χ2n) is 7.95. The van der Waals surface area contributed by atoms with Crippen LogP contribution in [0.3, 0.4) is 0 Å². The average Bonchev–Trinajstić information content (AvgIpc) is 3.38. The topological polar surface area (TPSA) is 117 Å². The number of hydrogen-bond donors (Lipinski definition) is 4. The molecule has 3 rings (SSSR count). The van der Waals surface area contributed by atoms with Crippen molar-refractivity contribution in [3.63, 3.8) is 0 Å². The van der Waals surface area contributed by atoms with E-state index in [0.717, 1.165) is 37.8 Å². The van der Waals surface area contributed by atoms with Gasteiger partial charge in [-0.15, -0.1) is 0 Å². The van der Waals surface area contributed by atoms with Crippen molar-refractivity contribution in [1.82, 2.24) is 15.5 Å². The summed E-state index contributed by atoms with van der Waals surface area (Å²) in [5.41, 5.74) is 7.09. The highest BCUT2D eigenvalue weighted by atomic mass is 16.2. The summed E-state index contributed by atoms with van der Waals surface area (Å²) in [5, 5.41) is 8.30. The Morgan fingerprint density at radius 3 is 2.55 bits per heavy atom. The predicted octanol–water partition coefficient (Wildman–Crippen LogP) is 1.56. The lowest BCUT2D eigenvalue weighted by Crippen LogP contribution is -2.41. The van der Waals surface area contributed by atoms with Crippen LogP contribution in [-0.4, -0.2) is 48.4 Å². The maximum absolute atomic E-state index is 12.3. The van der Waals surface area contributed by atoms with Crippen molar-refractivity contribution >= 4 is 23.5 Å². The van der Waals surface area contributed by atoms with E-state index in [-0.39, 0.29) is 30.4 Å². The molecular formula is C21H31N5O3. The van der Waals surface area contributed by atoms with E-state index in [0.29, 0.717) is 24.7 Å². The third-order valence-electron chi connectivity index (χ3n) is 5.79. The van der Waals surface area contributed by atoms with Crippen LogP contribution in [0.2, 0.25) is 0 Å². The fourth-order valence-corrected chi connectivity index (χ4v) is 4.21. The molecule has 1 saturated heterocycles. The third kappa shape index (κ3) is 6.19. The maximum atomic E-state index is 12.3. The highest BCUT2D eigenvalue weighted by Gasteiger charge is 2.29. The molecule has 1 atom stereocenters. The number of nitrogens with one attached hydrogen (secondary N) is 3. The Kier molecular flexibility index (Phi) is 7.46. The summed E-state index contributed by atoms with van der Waals surface area (Å²) in [6.45, 7) is 1.91. The number of anilines is 1. The van der Waals surface area contributed by atoms with Crippen LogP contribution in [0.5, 0.6) is 0 Å². The molecule has 1 aliphatic carbocycles. The van der Waals surface area contributed by atoms with E-state index >= 15 is 0 Å².